The zero-order valence-corrected chi connectivity index (χ0v) is 12.2. The molecule has 4 nitrogen and oxygen atoms in total. The van der Waals surface area contributed by atoms with Gasteiger partial charge in [-0.2, -0.15) is 0 Å². The Bertz CT molecular complexity index is 659. The third-order valence-electron chi connectivity index (χ3n) is 2.71. The molecule has 0 fully saturated rings. The first-order valence-corrected chi connectivity index (χ1v) is 6.60. The van der Waals surface area contributed by atoms with Gasteiger partial charge in [0, 0.05) is 18.4 Å². The first-order chi connectivity index (χ1) is 9.51. The lowest BCUT2D eigenvalue weighted by Gasteiger charge is -2.12. The number of nitrogens with two attached hydrogens (primary N) is 1. The minimum absolute atomic E-state index is 0.222. The Morgan fingerprint density at radius 2 is 1.85 bits per heavy atom. The number of rotatable bonds is 3. The van der Waals surface area contributed by atoms with Crippen LogP contribution < -0.4 is 16.4 Å². The molecule has 0 aliphatic carbocycles. The summed E-state index contributed by atoms with van der Waals surface area (Å²) in [6, 6.07) is 10.2. The fourth-order valence-corrected chi connectivity index (χ4v) is 2.02. The molecule has 2 aromatic carbocycles. The van der Waals surface area contributed by atoms with Crippen molar-refractivity contribution in [1.29, 1.82) is 0 Å². The van der Waals surface area contributed by atoms with E-state index in [0.29, 0.717) is 27.0 Å². The van der Waals surface area contributed by atoms with E-state index in [1.54, 1.807) is 43.4 Å². The minimum Gasteiger partial charge on any atom is -0.399 e. The normalized spacial score (nSPS) is 10.2. The molecule has 1 amide bonds. The molecule has 0 bridgehead atoms. The number of anilines is 3. The van der Waals surface area contributed by atoms with Gasteiger partial charge >= 0.3 is 0 Å². The second-order valence-corrected chi connectivity index (χ2v) is 4.95. The van der Waals surface area contributed by atoms with E-state index in [2.05, 4.69) is 10.6 Å². The monoisotopic (exact) mass is 309 g/mol. The molecule has 104 valence electrons. The van der Waals surface area contributed by atoms with Crippen molar-refractivity contribution in [3.63, 3.8) is 0 Å². The Morgan fingerprint density at radius 3 is 2.50 bits per heavy atom. The molecular formula is C14H13Cl2N3O. The van der Waals surface area contributed by atoms with Gasteiger partial charge in [-0.1, -0.05) is 23.2 Å². The van der Waals surface area contributed by atoms with Crippen molar-refractivity contribution in [3.8, 4) is 0 Å². The summed E-state index contributed by atoms with van der Waals surface area (Å²) >= 11 is 11.8. The van der Waals surface area contributed by atoms with Crippen molar-refractivity contribution in [2.75, 3.05) is 18.1 Å². The van der Waals surface area contributed by atoms with Gasteiger partial charge < -0.3 is 16.4 Å². The molecule has 0 atom stereocenters. The predicted molar refractivity (Wildman–Crippen MR) is 84.0 cm³/mol. The Balaban J connectivity index is 2.37. The SMILES string of the molecule is CNC(=O)c1cc(N)ccc1Nc1ccc(Cl)c(Cl)c1. The van der Waals surface area contributed by atoms with Gasteiger partial charge in [0.15, 0.2) is 0 Å². The summed E-state index contributed by atoms with van der Waals surface area (Å²) in [7, 11) is 1.56. The van der Waals surface area contributed by atoms with E-state index in [1.165, 1.54) is 0 Å². The molecule has 0 unspecified atom stereocenters. The number of carbonyl (C=O) groups is 1. The third-order valence-corrected chi connectivity index (χ3v) is 3.45. The molecule has 2 aromatic rings. The highest BCUT2D eigenvalue weighted by Gasteiger charge is 2.11. The Kier molecular flexibility index (Phi) is 4.37. The second kappa shape index (κ2) is 6.03. The van der Waals surface area contributed by atoms with Crippen LogP contribution in [-0.2, 0) is 0 Å². The zero-order chi connectivity index (χ0) is 14.7. The summed E-state index contributed by atoms with van der Waals surface area (Å²) in [5, 5.41) is 6.61. The smallest absolute Gasteiger partial charge is 0.253 e. The number of halogens is 2. The van der Waals surface area contributed by atoms with Crippen LogP contribution >= 0.6 is 23.2 Å². The van der Waals surface area contributed by atoms with Crippen molar-refractivity contribution in [1.82, 2.24) is 5.32 Å². The molecule has 0 aromatic heterocycles. The lowest BCUT2D eigenvalue weighted by molar-refractivity contribution is 0.0964. The van der Waals surface area contributed by atoms with E-state index in [-0.39, 0.29) is 5.91 Å². The molecule has 0 spiro atoms. The van der Waals surface area contributed by atoms with Crippen LogP contribution in [0.1, 0.15) is 10.4 Å². The van der Waals surface area contributed by atoms with Crippen molar-refractivity contribution < 1.29 is 4.79 Å². The van der Waals surface area contributed by atoms with Crippen LogP contribution in [0.3, 0.4) is 0 Å². The lowest BCUT2D eigenvalue weighted by atomic mass is 10.1. The van der Waals surface area contributed by atoms with E-state index in [1.807, 2.05) is 0 Å². The Morgan fingerprint density at radius 1 is 1.10 bits per heavy atom. The van der Waals surface area contributed by atoms with Crippen LogP contribution in [0.4, 0.5) is 17.1 Å². The molecule has 20 heavy (non-hydrogen) atoms. The maximum atomic E-state index is 11.8. The molecule has 0 saturated carbocycles. The second-order valence-electron chi connectivity index (χ2n) is 4.14. The molecule has 0 aliphatic heterocycles. The summed E-state index contributed by atoms with van der Waals surface area (Å²) in [5.41, 5.74) is 8.05. The number of nitrogens with one attached hydrogen (secondary N) is 2. The quantitative estimate of drug-likeness (QED) is 0.758. The fourth-order valence-electron chi connectivity index (χ4n) is 1.72. The van der Waals surface area contributed by atoms with Crippen LogP contribution in [0.5, 0.6) is 0 Å². The van der Waals surface area contributed by atoms with Crippen molar-refractivity contribution in [2.45, 2.75) is 0 Å². The van der Waals surface area contributed by atoms with Gasteiger partial charge in [-0.05, 0) is 36.4 Å². The first-order valence-electron chi connectivity index (χ1n) is 5.85. The minimum atomic E-state index is -0.222. The van der Waals surface area contributed by atoms with E-state index < -0.39 is 0 Å². The van der Waals surface area contributed by atoms with Crippen LogP contribution in [0.25, 0.3) is 0 Å². The summed E-state index contributed by atoms with van der Waals surface area (Å²) in [5.74, 6) is -0.222. The molecule has 4 N–H and O–H groups in total. The molecule has 6 heteroatoms. The lowest BCUT2D eigenvalue weighted by Crippen LogP contribution is -2.19. The van der Waals surface area contributed by atoms with E-state index in [4.69, 9.17) is 28.9 Å². The first kappa shape index (κ1) is 14.5. The standard InChI is InChI=1S/C14H13Cl2N3O/c1-18-14(20)10-6-8(17)2-5-13(10)19-9-3-4-11(15)12(16)7-9/h2-7,19H,17H2,1H3,(H,18,20). The number of hydrogen-bond acceptors (Lipinski definition) is 3. The summed E-state index contributed by atoms with van der Waals surface area (Å²) < 4.78 is 0. The van der Waals surface area contributed by atoms with Gasteiger partial charge in [-0.25, -0.2) is 0 Å². The predicted octanol–water partition coefficient (Wildman–Crippen LogP) is 3.68. The molecule has 2 rings (SSSR count). The number of nitrogen functional groups attached to an aromatic ring is 1. The Hall–Kier alpha value is -1.91. The van der Waals surface area contributed by atoms with Crippen LogP contribution in [-0.4, -0.2) is 13.0 Å². The van der Waals surface area contributed by atoms with Crippen LogP contribution in [0, 0.1) is 0 Å². The topological polar surface area (TPSA) is 67.2 Å². The highest BCUT2D eigenvalue weighted by Crippen LogP contribution is 2.28. The maximum absolute atomic E-state index is 11.8. The molecule has 0 aliphatic rings. The average Bonchev–Trinajstić information content (AvgIpc) is 2.44. The number of benzene rings is 2. The molecule has 0 radical (unpaired) electrons. The molecule has 0 heterocycles. The summed E-state index contributed by atoms with van der Waals surface area (Å²) in [4.78, 5) is 11.8. The average molecular weight is 310 g/mol. The molecular weight excluding hydrogens is 297 g/mol. The molecule has 0 saturated heterocycles. The van der Waals surface area contributed by atoms with Crippen LogP contribution in [0.2, 0.25) is 10.0 Å². The number of hydrogen-bond donors (Lipinski definition) is 3. The summed E-state index contributed by atoms with van der Waals surface area (Å²) in [6.45, 7) is 0. The van der Waals surface area contributed by atoms with Gasteiger partial charge in [0.2, 0.25) is 0 Å². The van der Waals surface area contributed by atoms with Crippen molar-refractivity contribution in [3.05, 3.63) is 52.0 Å². The van der Waals surface area contributed by atoms with E-state index >= 15 is 0 Å². The van der Waals surface area contributed by atoms with Gasteiger partial charge in [0.05, 0.1) is 21.3 Å². The highest BCUT2D eigenvalue weighted by molar-refractivity contribution is 6.42. The fraction of sp³-hybridized carbons (Fsp3) is 0.0714. The van der Waals surface area contributed by atoms with Crippen LogP contribution in [0.15, 0.2) is 36.4 Å². The highest BCUT2D eigenvalue weighted by atomic mass is 35.5. The maximum Gasteiger partial charge on any atom is 0.253 e. The summed E-state index contributed by atoms with van der Waals surface area (Å²) in [6.07, 6.45) is 0. The van der Waals surface area contributed by atoms with Gasteiger partial charge in [-0.15, -0.1) is 0 Å². The Labute approximate surface area is 126 Å². The number of amides is 1. The van der Waals surface area contributed by atoms with Crippen molar-refractivity contribution in [2.24, 2.45) is 0 Å². The van der Waals surface area contributed by atoms with E-state index in [9.17, 15) is 4.79 Å². The zero-order valence-electron chi connectivity index (χ0n) is 10.7. The largest absolute Gasteiger partial charge is 0.399 e. The third kappa shape index (κ3) is 3.15. The van der Waals surface area contributed by atoms with Crippen molar-refractivity contribution >= 4 is 46.2 Å². The van der Waals surface area contributed by atoms with Gasteiger partial charge in [0.1, 0.15) is 0 Å². The van der Waals surface area contributed by atoms with E-state index in [0.717, 1.165) is 5.69 Å². The number of carbonyl (C=O) groups excluding carboxylic acids is 1. The van der Waals surface area contributed by atoms with Gasteiger partial charge in [-0.3, -0.25) is 4.79 Å². The van der Waals surface area contributed by atoms with Gasteiger partial charge in [0.25, 0.3) is 5.91 Å².